The SMILES string of the molecule is CC1c2ccccc2CCN1S(C)(=O)=O. The van der Waals surface area contributed by atoms with Crippen molar-refractivity contribution >= 4 is 10.0 Å². The van der Waals surface area contributed by atoms with E-state index in [1.165, 1.54) is 11.8 Å². The van der Waals surface area contributed by atoms with Crippen molar-refractivity contribution in [2.75, 3.05) is 12.8 Å². The average Bonchev–Trinajstić information content (AvgIpc) is 2.16. The molecular weight excluding hydrogens is 210 g/mol. The number of nitrogens with zero attached hydrogens (tertiary/aromatic N) is 1. The van der Waals surface area contributed by atoms with Crippen LogP contribution in [-0.2, 0) is 16.4 Å². The van der Waals surface area contributed by atoms with Crippen molar-refractivity contribution < 1.29 is 8.42 Å². The highest BCUT2D eigenvalue weighted by Gasteiger charge is 2.29. The molecule has 15 heavy (non-hydrogen) atoms. The van der Waals surface area contributed by atoms with Crippen LogP contribution < -0.4 is 0 Å². The second kappa shape index (κ2) is 3.61. The van der Waals surface area contributed by atoms with Crippen molar-refractivity contribution in [2.24, 2.45) is 0 Å². The molecule has 0 saturated carbocycles. The Morgan fingerprint density at radius 2 is 2.00 bits per heavy atom. The van der Waals surface area contributed by atoms with E-state index < -0.39 is 10.0 Å². The van der Waals surface area contributed by atoms with Gasteiger partial charge in [-0.15, -0.1) is 0 Å². The minimum Gasteiger partial charge on any atom is -0.212 e. The molecule has 0 amide bonds. The van der Waals surface area contributed by atoms with Crippen LogP contribution in [0.3, 0.4) is 0 Å². The lowest BCUT2D eigenvalue weighted by Gasteiger charge is -2.33. The van der Waals surface area contributed by atoms with Gasteiger partial charge in [0.2, 0.25) is 10.0 Å². The molecule has 1 atom stereocenters. The summed E-state index contributed by atoms with van der Waals surface area (Å²) < 4.78 is 24.6. The Hall–Kier alpha value is -0.870. The van der Waals surface area contributed by atoms with Crippen molar-refractivity contribution in [2.45, 2.75) is 19.4 Å². The molecule has 1 aliphatic rings. The van der Waals surface area contributed by atoms with E-state index >= 15 is 0 Å². The molecule has 82 valence electrons. The van der Waals surface area contributed by atoms with E-state index in [-0.39, 0.29) is 6.04 Å². The van der Waals surface area contributed by atoms with Crippen LogP contribution in [0.2, 0.25) is 0 Å². The first-order valence-corrected chi connectivity index (χ1v) is 6.89. The van der Waals surface area contributed by atoms with Crippen molar-refractivity contribution in [3.05, 3.63) is 35.4 Å². The van der Waals surface area contributed by atoms with Gasteiger partial charge in [-0.2, -0.15) is 4.31 Å². The molecule has 1 heterocycles. The van der Waals surface area contributed by atoms with Gasteiger partial charge >= 0.3 is 0 Å². The standard InChI is InChI=1S/C11H15NO2S/c1-9-11-6-4-3-5-10(11)7-8-12(9)15(2,13)14/h3-6,9H,7-8H2,1-2H3. The topological polar surface area (TPSA) is 37.4 Å². The Labute approximate surface area is 90.8 Å². The largest absolute Gasteiger partial charge is 0.212 e. The third-order valence-electron chi connectivity index (χ3n) is 2.96. The van der Waals surface area contributed by atoms with Gasteiger partial charge in [0.05, 0.1) is 6.26 Å². The predicted octanol–water partition coefficient (Wildman–Crippen LogP) is 1.57. The summed E-state index contributed by atoms with van der Waals surface area (Å²) in [6, 6.07) is 8.01. The molecule has 1 unspecified atom stereocenters. The first-order valence-electron chi connectivity index (χ1n) is 5.05. The first-order chi connectivity index (χ1) is 7.00. The maximum atomic E-state index is 11.5. The van der Waals surface area contributed by atoms with E-state index in [1.54, 1.807) is 4.31 Å². The molecule has 0 aromatic heterocycles. The zero-order valence-electron chi connectivity index (χ0n) is 8.97. The Kier molecular flexibility index (Phi) is 2.56. The predicted molar refractivity (Wildman–Crippen MR) is 60.1 cm³/mol. The van der Waals surface area contributed by atoms with Gasteiger partial charge in [0.25, 0.3) is 0 Å². The van der Waals surface area contributed by atoms with Crippen LogP contribution in [0, 0.1) is 0 Å². The fourth-order valence-electron chi connectivity index (χ4n) is 2.20. The van der Waals surface area contributed by atoms with Crippen LogP contribution in [0.1, 0.15) is 24.1 Å². The third-order valence-corrected chi connectivity index (χ3v) is 4.32. The first kappa shape index (κ1) is 10.6. The Morgan fingerprint density at radius 3 is 2.67 bits per heavy atom. The third kappa shape index (κ3) is 1.92. The lowest BCUT2D eigenvalue weighted by Crippen LogP contribution is -2.38. The fourth-order valence-corrected chi connectivity index (χ4v) is 3.31. The van der Waals surface area contributed by atoms with Gasteiger partial charge in [-0.25, -0.2) is 8.42 Å². The number of sulfonamides is 1. The molecule has 2 rings (SSSR count). The number of hydrogen-bond donors (Lipinski definition) is 0. The average molecular weight is 225 g/mol. The lowest BCUT2D eigenvalue weighted by molar-refractivity contribution is 0.329. The van der Waals surface area contributed by atoms with E-state index in [1.807, 2.05) is 25.1 Å². The zero-order chi connectivity index (χ0) is 11.1. The summed E-state index contributed by atoms with van der Waals surface area (Å²) >= 11 is 0. The van der Waals surface area contributed by atoms with Gasteiger partial charge in [0, 0.05) is 12.6 Å². The van der Waals surface area contributed by atoms with Crippen LogP contribution in [0.25, 0.3) is 0 Å². The van der Waals surface area contributed by atoms with Gasteiger partial charge in [-0.05, 0) is 24.5 Å². The summed E-state index contributed by atoms with van der Waals surface area (Å²) in [5, 5.41) is 0. The fraction of sp³-hybridized carbons (Fsp3) is 0.455. The summed E-state index contributed by atoms with van der Waals surface area (Å²) in [6.45, 7) is 2.54. The summed E-state index contributed by atoms with van der Waals surface area (Å²) in [5.41, 5.74) is 2.40. The molecule has 4 heteroatoms. The number of benzene rings is 1. The lowest BCUT2D eigenvalue weighted by atomic mass is 9.96. The molecule has 0 fully saturated rings. The molecule has 1 aromatic rings. The second-order valence-corrected chi connectivity index (χ2v) is 5.93. The molecule has 1 aromatic carbocycles. The molecule has 0 bridgehead atoms. The summed E-state index contributed by atoms with van der Waals surface area (Å²) in [7, 11) is -3.08. The molecule has 0 saturated heterocycles. The summed E-state index contributed by atoms with van der Waals surface area (Å²) in [4.78, 5) is 0. The number of rotatable bonds is 1. The van der Waals surface area contributed by atoms with Gasteiger partial charge in [0.15, 0.2) is 0 Å². The van der Waals surface area contributed by atoms with Crippen LogP contribution in [0.15, 0.2) is 24.3 Å². The second-order valence-electron chi connectivity index (χ2n) is 4.00. The summed E-state index contributed by atoms with van der Waals surface area (Å²) in [6.07, 6.45) is 2.09. The van der Waals surface area contributed by atoms with E-state index in [0.29, 0.717) is 6.54 Å². The van der Waals surface area contributed by atoms with Gasteiger partial charge < -0.3 is 0 Å². The van der Waals surface area contributed by atoms with Gasteiger partial charge in [-0.1, -0.05) is 24.3 Å². The zero-order valence-corrected chi connectivity index (χ0v) is 9.79. The van der Waals surface area contributed by atoms with Gasteiger partial charge in [-0.3, -0.25) is 0 Å². The Balaban J connectivity index is 2.42. The smallest absolute Gasteiger partial charge is 0.211 e. The number of fused-ring (bicyclic) bond motifs is 1. The number of hydrogen-bond acceptors (Lipinski definition) is 2. The van der Waals surface area contributed by atoms with Crippen molar-refractivity contribution in [3.63, 3.8) is 0 Å². The van der Waals surface area contributed by atoms with Crippen LogP contribution in [0.4, 0.5) is 0 Å². The van der Waals surface area contributed by atoms with Crippen LogP contribution in [0.5, 0.6) is 0 Å². The van der Waals surface area contributed by atoms with E-state index in [4.69, 9.17) is 0 Å². The molecule has 0 aliphatic carbocycles. The molecule has 1 aliphatic heterocycles. The molecule has 0 spiro atoms. The van der Waals surface area contributed by atoms with E-state index in [0.717, 1.165) is 12.0 Å². The normalized spacial score (nSPS) is 22.4. The summed E-state index contributed by atoms with van der Waals surface area (Å²) in [5.74, 6) is 0. The Bertz CT molecular complexity index is 467. The van der Waals surface area contributed by atoms with Crippen LogP contribution >= 0.6 is 0 Å². The minimum atomic E-state index is -3.08. The monoisotopic (exact) mass is 225 g/mol. The van der Waals surface area contributed by atoms with Crippen molar-refractivity contribution in [1.82, 2.24) is 4.31 Å². The minimum absolute atomic E-state index is 0.0371. The van der Waals surface area contributed by atoms with Gasteiger partial charge in [0.1, 0.15) is 0 Å². The maximum Gasteiger partial charge on any atom is 0.211 e. The maximum absolute atomic E-state index is 11.5. The highest BCUT2D eigenvalue weighted by Crippen LogP contribution is 2.30. The van der Waals surface area contributed by atoms with Crippen molar-refractivity contribution in [3.8, 4) is 0 Å². The highest BCUT2D eigenvalue weighted by molar-refractivity contribution is 7.88. The quantitative estimate of drug-likeness (QED) is 0.727. The van der Waals surface area contributed by atoms with Crippen LogP contribution in [-0.4, -0.2) is 25.5 Å². The molecule has 0 radical (unpaired) electrons. The molecule has 0 N–H and O–H groups in total. The molecule has 3 nitrogen and oxygen atoms in total. The molecular formula is C11H15NO2S. The van der Waals surface area contributed by atoms with E-state index in [2.05, 4.69) is 6.07 Å². The van der Waals surface area contributed by atoms with E-state index in [9.17, 15) is 8.42 Å². The Morgan fingerprint density at radius 1 is 1.33 bits per heavy atom. The van der Waals surface area contributed by atoms with Crippen molar-refractivity contribution in [1.29, 1.82) is 0 Å². The highest BCUT2D eigenvalue weighted by atomic mass is 32.2.